The first-order valence-corrected chi connectivity index (χ1v) is 20.0. The Bertz CT molecular complexity index is 1930. The zero-order valence-electron chi connectivity index (χ0n) is 34.8. The summed E-state index contributed by atoms with van der Waals surface area (Å²) < 4.78 is 31.6. The van der Waals surface area contributed by atoms with Gasteiger partial charge in [-0.2, -0.15) is 0 Å². The minimum absolute atomic E-state index is 0.146. The molecule has 0 spiro atoms. The second-order valence-corrected chi connectivity index (χ2v) is 15.4. The van der Waals surface area contributed by atoms with Crippen molar-refractivity contribution in [3.8, 4) is 28.7 Å². The standard InChI is InChI=1S/C50H50O10/c1-31(51)26-56-46-36-11-6-12-37(46)22-39-14-8-16-41(48(39)58-28-33(3)53)24-43-18-10-20-45(50(43)60-30-35(5)55)25-44-19-9-17-42(49(44)59-29-34(4)54)23-40-15-7-13-38(21-36)47(40)57-27-32(2)52/h6-20H,21-30H2,1-5H3. The Hall–Kier alpha value is -6.55. The Balaban J connectivity index is 1.63. The highest BCUT2D eigenvalue weighted by atomic mass is 16.5. The first-order chi connectivity index (χ1) is 28.9. The number of hydrogen-bond donors (Lipinski definition) is 0. The molecule has 0 saturated heterocycles. The fraction of sp³-hybridized carbons (Fsp3) is 0.300. The van der Waals surface area contributed by atoms with E-state index in [0.717, 1.165) is 55.6 Å². The van der Waals surface area contributed by atoms with E-state index in [-0.39, 0.29) is 62.0 Å². The third kappa shape index (κ3) is 11.1. The van der Waals surface area contributed by atoms with Gasteiger partial charge in [-0.15, -0.1) is 0 Å². The Morgan fingerprint density at radius 3 is 0.550 bits per heavy atom. The van der Waals surface area contributed by atoms with Gasteiger partial charge in [0.25, 0.3) is 0 Å². The Kier molecular flexibility index (Phi) is 14.3. The Morgan fingerprint density at radius 2 is 0.433 bits per heavy atom. The fourth-order valence-corrected chi connectivity index (χ4v) is 7.40. The SMILES string of the molecule is CC(=O)COc1c2cccc1Cc1cccc(c1OCC(C)=O)Cc1cccc(c1OCC(C)=O)Cc1cccc(c1OCC(C)=O)Cc1cccc(c1OCC(C)=O)C2. The molecule has 0 amide bonds. The molecule has 0 aliphatic heterocycles. The van der Waals surface area contributed by atoms with Crippen molar-refractivity contribution < 1.29 is 47.7 Å². The lowest BCUT2D eigenvalue weighted by atomic mass is 9.91. The molecule has 10 nitrogen and oxygen atoms in total. The summed E-state index contributed by atoms with van der Waals surface area (Å²) in [5.74, 6) is 1.95. The minimum Gasteiger partial charge on any atom is -0.485 e. The van der Waals surface area contributed by atoms with Gasteiger partial charge in [0.05, 0.1) is 0 Å². The summed E-state index contributed by atoms with van der Waals surface area (Å²) in [5, 5.41) is 0. The van der Waals surface area contributed by atoms with Gasteiger partial charge in [-0.1, -0.05) is 91.0 Å². The highest BCUT2D eigenvalue weighted by Crippen LogP contribution is 2.39. The van der Waals surface area contributed by atoms with Gasteiger partial charge >= 0.3 is 0 Å². The average Bonchev–Trinajstić information content (AvgIpc) is 3.19. The number of fused-ring (bicyclic) bond motifs is 10. The van der Waals surface area contributed by atoms with Crippen molar-refractivity contribution in [1.29, 1.82) is 0 Å². The van der Waals surface area contributed by atoms with Gasteiger partial charge in [-0.25, -0.2) is 0 Å². The van der Waals surface area contributed by atoms with Crippen molar-refractivity contribution in [3.05, 3.63) is 147 Å². The molecule has 5 aromatic rings. The molecular weight excluding hydrogens is 761 g/mol. The van der Waals surface area contributed by atoms with Crippen LogP contribution < -0.4 is 23.7 Å². The van der Waals surface area contributed by atoms with Crippen LogP contribution >= 0.6 is 0 Å². The Labute approximate surface area is 350 Å². The van der Waals surface area contributed by atoms with E-state index in [2.05, 4.69) is 0 Å². The van der Waals surface area contributed by atoms with Crippen molar-refractivity contribution in [2.45, 2.75) is 66.7 Å². The molecule has 0 N–H and O–H groups in total. The zero-order chi connectivity index (χ0) is 42.8. The molecule has 0 saturated carbocycles. The summed E-state index contributed by atoms with van der Waals surface area (Å²) in [6.07, 6.45) is 1.74. The molecule has 60 heavy (non-hydrogen) atoms. The van der Waals surface area contributed by atoms with E-state index in [0.29, 0.717) is 60.9 Å². The largest absolute Gasteiger partial charge is 0.485 e. The lowest BCUT2D eigenvalue weighted by molar-refractivity contribution is -0.119. The number of benzene rings is 5. The molecule has 6 rings (SSSR count). The van der Waals surface area contributed by atoms with Crippen LogP contribution in [0.25, 0.3) is 0 Å². The maximum absolute atomic E-state index is 12.4. The summed E-state index contributed by atoms with van der Waals surface area (Å²) in [5.41, 5.74) is 7.98. The second-order valence-electron chi connectivity index (χ2n) is 15.4. The maximum atomic E-state index is 12.4. The molecule has 1 aliphatic rings. The predicted molar refractivity (Wildman–Crippen MR) is 227 cm³/mol. The summed E-state index contributed by atoms with van der Waals surface area (Å²) >= 11 is 0. The number of rotatable bonds is 15. The molecule has 10 heteroatoms. The van der Waals surface area contributed by atoms with E-state index >= 15 is 0 Å². The van der Waals surface area contributed by atoms with E-state index in [1.165, 1.54) is 34.6 Å². The second kappa shape index (κ2) is 19.9. The van der Waals surface area contributed by atoms with Gasteiger partial charge in [-0.05, 0) is 90.3 Å². The van der Waals surface area contributed by atoms with Crippen LogP contribution in [0.3, 0.4) is 0 Å². The van der Waals surface area contributed by atoms with Crippen LogP contribution in [-0.2, 0) is 56.1 Å². The number of ether oxygens (including phenoxy) is 5. The monoisotopic (exact) mass is 810 g/mol. The number of carbonyl (C=O) groups is 5. The summed E-state index contributed by atoms with van der Waals surface area (Å²) in [7, 11) is 0. The topological polar surface area (TPSA) is 132 Å². The van der Waals surface area contributed by atoms with Crippen molar-refractivity contribution in [3.63, 3.8) is 0 Å². The van der Waals surface area contributed by atoms with E-state index in [9.17, 15) is 24.0 Å². The van der Waals surface area contributed by atoms with E-state index in [4.69, 9.17) is 23.7 Å². The molecule has 0 atom stereocenters. The zero-order valence-corrected chi connectivity index (χ0v) is 34.8. The van der Waals surface area contributed by atoms with Crippen LogP contribution in [-0.4, -0.2) is 62.0 Å². The Morgan fingerprint density at radius 1 is 0.300 bits per heavy atom. The predicted octanol–water partition coefficient (Wildman–Crippen LogP) is 7.79. The van der Waals surface area contributed by atoms with E-state index in [1.54, 1.807) is 0 Å². The van der Waals surface area contributed by atoms with Gasteiger partial charge < -0.3 is 23.7 Å². The molecule has 0 unspecified atom stereocenters. The number of ketones is 5. The smallest absolute Gasteiger partial charge is 0.167 e. The first kappa shape index (κ1) is 43.0. The van der Waals surface area contributed by atoms with Gasteiger partial charge in [-0.3, -0.25) is 24.0 Å². The molecule has 1 aliphatic carbocycles. The molecule has 310 valence electrons. The lowest BCUT2D eigenvalue weighted by Crippen LogP contribution is -2.14. The third-order valence-electron chi connectivity index (χ3n) is 9.89. The van der Waals surface area contributed by atoms with Crippen LogP contribution in [0.15, 0.2) is 91.0 Å². The van der Waals surface area contributed by atoms with Gasteiger partial charge in [0.1, 0.15) is 61.8 Å². The van der Waals surface area contributed by atoms with Crippen molar-refractivity contribution in [1.82, 2.24) is 0 Å². The maximum Gasteiger partial charge on any atom is 0.167 e. The van der Waals surface area contributed by atoms with Gasteiger partial charge in [0, 0.05) is 32.1 Å². The highest BCUT2D eigenvalue weighted by Gasteiger charge is 2.23. The molecule has 0 aromatic heterocycles. The van der Waals surface area contributed by atoms with Crippen molar-refractivity contribution in [2.75, 3.05) is 33.0 Å². The molecule has 5 aromatic carbocycles. The number of hydrogen-bond acceptors (Lipinski definition) is 10. The summed E-state index contributed by atoms with van der Waals surface area (Å²) in [6, 6.07) is 29.2. The molecule has 10 bridgehead atoms. The molecule has 0 radical (unpaired) electrons. The van der Waals surface area contributed by atoms with E-state index < -0.39 is 0 Å². The minimum atomic E-state index is -0.149. The number of para-hydroxylation sites is 5. The quantitative estimate of drug-likeness (QED) is 0.101. The molecule has 0 heterocycles. The third-order valence-corrected chi connectivity index (χ3v) is 9.89. The van der Waals surface area contributed by atoms with Crippen LogP contribution in [0.5, 0.6) is 28.7 Å². The number of carbonyl (C=O) groups excluding carboxylic acids is 5. The van der Waals surface area contributed by atoms with Crippen molar-refractivity contribution in [2.24, 2.45) is 0 Å². The first-order valence-electron chi connectivity index (χ1n) is 20.0. The highest BCUT2D eigenvalue weighted by molar-refractivity contribution is 5.79. The average molecular weight is 811 g/mol. The molecule has 0 fully saturated rings. The van der Waals surface area contributed by atoms with Crippen LogP contribution in [0, 0.1) is 0 Å². The van der Waals surface area contributed by atoms with Crippen LogP contribution in [0.2, 0.25) is 0 Å². The van der Waals surface area contributed by atoms with Gasteiger partial charge in [0.2, 0.25) is 0 Å². The van der Waals surface area contributed by atoms with Crippen LogP contribution in [0.1, 0.15) is 90.3 Å². The molecular formula is C50H50O10. The lowest BCUT2D eigenvalue weighted by Gasteiger charge is -2.22. The van der Waals surface area contributed by atoms with Crippen LogP contribution in [0.4, 0.5) is 0 Å². The van der Waals surface area contributed by atoms with E-state index in [1.807, 2.05) is 91.0 Å². The van der Waals surface area contributed by atoms with Gasteiger partial charge in [0.15, 0.2) is 28.9 Å². The van der Waals surface area contributed by atoms with Crippen molar-refractivity contribution >= 4 is 28.9 Å². The number of Topliss-reactive ketones (excluding diaryl/α,β-unsaturated/α-hetero) is 5. The summed E-state index contributed by atoms with van der Waals surface area (Å²) in [4.78, 5) is 61.8. The fourth-order valence-electron chi connectivity index (χ4n) is 7.40. The summed E-state index contributed by atoms with van der Waals surface area (Å²) in [6.45, 7) is 6.61. The normalized spacial score (nSPS) is 12.1.